The molecule has 0 amide bonds. The lowest BCUT2D eigenvalue weighted by Crippen LogP contribution is -2.73. The Morgan fingerprint density at radius 1 is 1.00 bits per heavy atom. The van der Waals surface area contributed by atoms with Crippen LogP contribution in [0.2, 0.25) is 0 Å². The number of hydrogen-bond donors (Lipinski definition) is 0. The summed E-state index contributed by atoms with van der Waals surface area (Å²) in [6.07, 6.45) is 3.37. The van der Waals surface area contributed by atoms with Crippen LogP contribution in [0.4, 0.5) is 0 Å². The topological polar surface area (TPSA) is 29.0 Å². The summed E-state index contributed by atoms with van der Waals surface area (Å²) in [7, 11) is 2.33. The van der Waals surface area contributed by atoms with Crippen LogP contribution in [-0.4, -0.2) is 34.5 Å². The van der Waals surface area contributed by atoms with Crippen molar-refractivity contribution in [1.29, 1.82) is 0 Å². The van der Waals surface area contributed by atoms with Crippen molar-refractivity contribution in [3.8, 4) is 0 Å². The predicted octanol–water partition coefficient (Wildman–Crippen LogP) is 4.75. The number of rotatable bonds is 0. The van der Waals surface area contributed by atoms with Crippen LogP contribution in [0.25, 0.3) is 0 Å². The van der Waals surface area contributed by atoms with Gasteiger partial charge in [0.2, 0.25) is 0 Å². The zero-order valence-corrected chi connectivity index (χ0v) is 19.4. The maximum absolute atomic E-state index is 5.20. The summed E-state index contributed by atoms with van der Waals surface area (Å²) in [5, 5.41) is 0. The van der Waals surface area contributed by atoms with E-state index in [0.29, 0.717) is 6.04 Å². The lowest BCUT2D eigenvalue weighted by atomic mass is 9.37. The van der Waals surface area contributed by atoms with Gasteiger partial charge in [-0.3, -0.25) is 9.97 Å². The van der Waals surface area contributed by atoms with Crippen LogP contribution in [0.15, 0.2) is 12.1 Å². The van der Waals surface area contributed by atoms with Crippen LogP contribution in [0.1, 0.15) is 72.2 Å². The molecule has 3 atom stereocenters. The lowest BCUT2D eigenvalue weighted by molar-refractivity contribution is -0.0909. The van der Waals surface area contributed by atoms with Gasteiger partial charge in [-0.2, -0.15) is 0 Å². The second-order valence-electron chi connectivity index (χ2n) is 10.8. The van der Waals surface area contributed by atoms with Gasteiger partial charge in [0.1, 0.15) is 0 Å². The fourth-order valence-electron chi connectivity index (χ4n) is 7.62. The van der Waals surface area contributed by atoms with Crippen LogP contribution >= 0.6 is 0 Å². The highest BCUT2D eigenvalue weighted by molar-refractivity contribution is 5.56. The summed E-state index contributed by atoms with van der Waals surface area (Å²) in [5.74, 6) is 0. The normalized spacial score (nSPS) is 32.3. The zero-order chi connectivity index (χ0) is 20.9. The maximum atomic E-state index is 5.20. The van der Waals surface area contributed by atoms with Gasteiger partial charge in [-0.25, -0.2) is 0 Å². The molecule has 1 saturated heterocycles. The number of fused-ring (bicyclic) bond motifs is 2. The minimum atomic E-state index is -0.0615. The molecule has 154 valence electrons. The molecule has 3 heteroatoms. The van der Waals surface area contributed by atoms with E-state index in [1.165, 1.54) is 28.9 Å². The average Bonchev–Trinajstić information content (AvgIpc) is 2.63. The van der Waals surface area contributed by atoms with E-state index in [1.807, 2.05) is 0 Å². The molecule has 3 aliphatic rings. The summed E-state index contributed by atoms with van der Waals surface area (Å²) >= 11 is 0. The monoisotopic (exact) mass is 389 g/mol. The van der Waals surface area contributed by atoms with Crippen molar-refractivity contribution in [3.05, 3.63) is 57.2 Å². The first-order chi connectivity index (χ1) is 13.5. The number of likely N-dealkylation sites (N-methyl/N-ethyl adjacent to an activating group) is 1. The Balaban J connectivity index is 1.92. The molecule has 1 aromatic heterocycles. The van der Waals surface area contributed by atoms with E-state index in [9.17, 15) is 0 Å². The number of piperidine rings is 1. The molecule has 1 aromatic carbocycles. The van der Waals surface area contributed by atoms with Crippen molar-refractivity contribution < 1.29 is 0 Å². The SMILES string of the molecule is Cc1ccc2c(c1C)[C@]13CCN(C)C(C2)[C@]1(C)Cc1nc(C)c(C)nc1C3(C)C. The van der Waals surface area contributed by atoms with Gasteiger partial charge in [-0.15, -0.1) is 0 Å². The number of aromatic nitrogens is 2. The molecule has 0 saturated carbocycles. The lowest BCUT2D eigenvalue weighted by Gasteiger charge is -2.70. The van der Waals surface area contributed by atoms with E-state index in [4.69, 9.17) is 9.97 Å². The molecule has 0 N–H and O–H groups in total. The summed E-state index contributed by atoms with van der Waals surface area (Å²) in [6, 6.07) is 5.30. The van der Waals surface area contributed by atoms with Crippen molar-refractivity contribution in [2.45, 2.75) is 84.6 Å². The van der Waals surface area contributed by atoms with Crippen LogP contribution in [0, 0.1) is 33.1 Å². The molecule has 1 unspecified atom stereocenters. The number of nitrogens with zero attached hydrogens (tertiary/aromatic N) is 3. The van der Waals surface area contributed by atoms with Gasteiger partial charge in [0.15, 0.2) is 0 Å². The Bertz CT molecular complexity index is 1040. The zero-order valence-electron chi connectivity index (χ0n) is 19.4. The molecule has 0 spiro atoms. The van der Waals surface area contributed by atoms with E-state index in [2.05, 4.69) is 72.5 Å². The standard InChI is InChI=1S/C26H35N3/c1-15-9-10-19-13-21-25(7)14-20-23(28-18(4)17(3)27-20)24(5,6)26(25,11-12-29(21)8)22(19)16(15)2/h9-10,21H,11-14H2,1-8H3/t21?,25-,26-/m0/s1. The number of hydrogen-bond acceptors (Lipinski definition) is 3. The van der Waals surface area contributed by atoms with Gasteiger partial charge in [0, 0.05) is 16.9 Å². The number of likely N-dealkylation sites (tertiary alicyclic amines) is 1. The molecule has 29 heavy (non-hydrogen) atoms. The Morgan fingerprint density at radius 2 is 1.69 bits per heavy atom. The molecule has 2 bridgehead atoms. The fourth-order valence-corrected chi connectivity index (χ4v) is 7.62. The minimum Gasteiger partial charge on any atom is -0.302 e. The minimum absolute atomic E-state index is 0.0615. The predicted molar refractivity (Wildman–Crippen MR) is 119 cm³/mol. The van der Waals surface area contributed by atoms with Crippen LogP contribution < -0.4 is 0 Å². The molecule has 2 aliphatic carbocycles. The Labute approximate surface area is 176 Å². The van der Waals surface area contributed by atoms with Crippen molar-refractivity contribution >= 4 is 0 Å². The third kappa shape index (κ3) is 2.08. The first-order valence-electron chi connectivity index (χ1n) is 11.2. The van der Waals surface area contributed by atoms with Crippen molar-refractivity contribution in [2.24, 2.45) is 5.41 Å². The Morgan fingerprint density at radius 3 is 2.41 bits per heavy atom. The highest BCUT2D eigenvalue weighted by Crippen LogP contribution is 2.68. The van der Waals surface area contributed by atoms with Gasteiger partial charge in [0.05, 0.1) is 22.8 Å². The average molecular weight is 390 g/mol. The van der Waals surface area contributed by atoms with Crippen molar-refractivity contribution in [3.63, 3.8) is 0 Å². The first kappa shape index (κ1) is 19.2. The Hall–Kier alpha value is -1.74. The van der Waals surface area contributed by atoms with E-state index in [-0.39, 0.29) is 16.2 Å². The van der Waals surface area contributed by atoms with E-state index in [0.717, 1.165) is 30.8 Å². The highest BCUT2D eigenvalue weighted by atomic mass is 15.2. The third-order valence-corrected chi connectivity index (χ3v) is 9.32. The van der Waals surface area contributed by atoms with E-state index < -0.39 is 0 Å². The van der Waals surface area contributed by atoms with E-state index >= 15 is 0 Å². The molecule has 2 heterocycles. The Kier molecular flexibility index (Phi) is 3.78. The first-order valence-corrected chi connectivity index (χ1v) is 11.2. The van der Waals surface area contributed by atoms with Crippen molar-refractivity contribution in [1.82, 2.24) is 14.9 Å². The summed E-state index contributed by atoms with van der Waals surface area (Å²) in [5.41, 5.74) is 11.0. The quantitative estimate of drug-likeness (QED) is 0.651. The maximum Gasteiger partial charge on any atom is 0.0687 e. The molecule has 0 radical (unpaired) electrons. The second kappa shape index (κ2) is 5.69. The molecule has 3 nitrogen and oxygen atoms in total. The number of aryl methyl sites for hydroxylation is 3. The largest absolute Gasteiger partial charge is 0.302 e. The van der Waals surface area contributed by atoms with Crippen LogP contribution in [0.3, 0.4) is 0 Å². The fraction of sp³-hybridized carbons (Fsp3) is 0.615. The van der Waals surface area contributed by atoms with Crippen molar-refractivity contribution in [2.75, 3.05) is 13.6 Å². The van der Waals surface area contributed by atoms with E-state index in [1.54, 1.807) is 11.1 Å². The second-order valence-corrected chi connectivity index (χ2v) is 10.8. The smallest absolute Gasteiger partial charge is 0.0687 e. The van der Waals surface area contributed by atoms with Gasteiger partial charge >= 0.3 is 0 Å². The molecule has 2 aromatic rings. The molecular weight excluding hydrogens is 354 g/mol. The van der Waals surface area contributed by atoms with Gasteiger partial charge in [0.25, 0.3) is 0 Å². The summed E-state index contributed by atoms with van der Waals surface area (Å²) in [6.45, 7) is 17.5. The number of benzene rings is 1. The summed E-state index contributed by atoms with van der Waals surface area (Å²) < 4.78 is 0. The van der Waals surface area contributed by atoms with Crippen LogP contribution in [-0.2, 0) is 23.7 Å². The highest BCUT2D eigenvalue weighted by Gasteiger charge is 2.69. The molecule has 1 fully saturated rings. The van der Waals surface area contributed by atoms with Gasteiger partial charge in [-0.1, -0.05) is 32.9 Å². The van der Waals surface area contributed by atoms with Gasteiger partial charge < -0.3 is 4.90 Å². The summed E-state index contributed by atoms with van der Waals surface area (Å²) in [4.78, 5) is 12.9. The van der Waals surface area contributed by atoms with Crippen LogP contribution in [0.5, 0.6) is 0 Å². The van der Waals surface area contributed by atoms with Gasteiger partial charge in [-0.05, 0) is 88.2 Å². The molecule has 1 aliphatic heterocycles. The third-order valence-electron chi connectivity index (χ3n) is 9.32. The molecule has 5 rings (SSSR count). The molecular formula is C26H35N3.